The Kier molecular flexibility index (Phi) is 7.75. The summed E-state index contributed by atoms with van der Waals surface area (Å²) in [6.07, 6.45) is 10.2. The Morgan fingerprint density at radius 3 is 2.44 bits per heavy atom. The Morgan fingerprint density at radius 2 is 1.72 bits per heavy atom. The zero-order valence-electron chi connectivity index (χ0n) is 12.1. The van der Waals surface area contributed by atoms with Crippen LogP contribution < -0.4 is 5.73 Å². The van der Waals surface area contributed by atoms with Gasteiger partial charge in [-0.15, -0.1) is 0 Å². The molecule has 0 heterocycles. The summed E-state index contributed by atoms with van der Waals surface area (Å²) in [6, 6.07) is 9.02. The molecule has 0 radical (unpaired) electrons. The third-order valence-corrected chi connectivity index (χ3v) is 3.72. The Labute approximate surface area is 113 Å². The first-order valence-corrected chi connectivity index (χ1v) is 7.54. The molecule has 1 unspecified atom stereocenters. The maximum atomic E-state index is 6.19. The Morgan fingerprint density at radius 1 is 1.00 bits per heavy atom. The van der Waals surface area contributed by atoms with Gasteiger partial charge in [0.25, 0.3) is 0 Å². The molecular formula is C17H29N. The van der Waals surface area contributed by atoms with E-state index in [0.29, 0.717) is 6.04 Å². The van der Waals surface area contributed by atoms with Gasteiger partial charge >= 0.3 is 0 Å². The van der Waals surface area contributed by atoms with Crippen LogP contribution in [0.3, 0.4) is 0 Å². The van der Waals surface area contributed by atoms with Crippen molar-refractivity contribution in [2.45, 2.75) is 71.3 Å². The van der Waals surface area contributed by atoms with Crippen LogP contribution >= 0.6 is 0 Å². The third kappa shape index (κ3) is 6.20. The van der Waals surface area contributed by atoms with Crippen molar-refractivity contribution in [3.8, 4) is 0 Å². The van der Waals surface area contributed by atoms with Crippen molar-refractivity contribution < 1.29 is 0 Å². The minimum atomic E-state index is 0.381. The molecule has 0 fully saturated rings. The lowest BCUT2D eigenvalue weighted by Gasteiger charge is -2.12. The Hall–Kier alpha value is -0.820. The molecule has 0 aliphatic carbocycles. The molecule has 0 bridgehead atoms. The fourth-order valence-electron chi connectivity index (χ4n) is 2.39. The number of benzene rings is 1. The van der Waals surface area contributed by atoms with E-state index in [1.54, 1.807) is 0 Å². The van der Waals surface area contributed by atoms with E-state index in [0.717, 1.165) is 12.8 Å². The molecule has 0 saturated carbocycles. The van der Waals surface area contributed by atoms with E-state index in [1.807, 2.05) is 0 Å². The van der Waals surface area contributed by atoms with Crippen LogP contribution in [0.1, 0.15) is 63.0 Å². The maximum Gasteiger partial charge on any atom is 0.00419 e. The highest BCUT2D eigenvalue weighted by Crippen LogP contribution is 2.13. The van der Waals surface area contributed by atoms with Crippen molar-refractivity contribution in [2.75, 3.05) is 0 Å². The number of rotatable bonds is 9. The second-order valence-corrected chi connectivity index (χ2v) is 5.43. The van der Waals surface area contributed by atoms with Crippen molar-refractivity contribution in [1.29, 1.82) is 0 Å². The molecule has 0 aliphatic rings. The van der Waals surface area contributed by atoms with Crippen molar-refractivity contribution in [3.63, 3.8) is 0 Å². The fourth-order valence-corrected chi connectivity index (χ4v) is 2.39. The molecular weight excluding hydrogens is 218 g/mol. The number of nitrogens with two attached hydrogens (primary N) is 1. The van der Waals surface area contributed by atoms with Crippen LogP contribution in [0.2, 0.25) is 0 Å². The van der Waals surface area contributed by atoms with Crippen LogP contribution in [0.15, 0.2) is 24.3 Å². The van der Waals surface area contributed by atoms with E-state index in [1.165, 1.54) is 49.7 Å². The molecule has 0 aromatic heterocycles. The van der Waals surface area contributed by atoms with Gasteiger partial charge < -0.3 is 5.73 Å². The summed E-state index contributed by atoms with van der Waals surface area (Å²) < 4.78 is 0. The highest BCUT2D eigenvalue weighted by Gasteiger charge is 2.04. The van der Waals surface area contributed by atoms with Gasteiger partial charge in [0.05, 0.1) is 0 Å². The standard InChI is InChI=1S/C17H29N/c1-3-4-5-6-7-12-17(18)14-13-16-11-9-8-10-15(16)2/h8-11,17H,3-7,12-14,18H2,1-2H3. The van der Waals surface area contributed by atoms with Gasteiger partial charge in [0.1, 0.15) is 0 Å². The first kappa shape index (κ1) is 15.2. The zero-order valence-corrected chi connectivity index (χ0v) is 12.1. The average molecular weight is 247 g/mol. The second-order valence-electron chi connectivity index (χ2n) is 5.43. The third-order valence-electron chi connectivity index (χ3n) is 3.72. The van der Waals surface area contributed by atoms with Crippen LogP contribution in [0, 0.1) is 6.92 Å². The fraction of sp³-hybridized carbons (Fsp3) is 0.647. The largest absolute Gasteiger partial charge is 0.328 e. The Balaban J connectivity index is 2.13. The van der Waals surface area contributed by atoms with Gasteiger partial charge in [0, 0.05) is 6.04 Å². The van der Waals surface area contributed by atoms with Gasteiger partial charge in [-0.05, 0) is 37.3 Å². The molecule has 18 heavy (non-hydrogen) atoms. The minimum absolute atomic E-state index is 0.381. The molecule has 1 aromatic rings. The first-order valence-electron chi connectivity index (χ1n) is 7.54. The number of hydrogen-bond donors (Lipinski definition) is 1. The summed E-state index contributed by atoms with van der Waals surface area (Å²) >= 11 is 0. The average Bonchev–Trinajstić information content (AvgIpc) is 2.37. The summed E-state index contributed by atoms with van der Waals surface area (Å²) in [5.74, 6) is 0. The van der Waals surface area contributed by atoms with E-state index in [2.05, 4.69) is 38.1 Å². The number of aryl methyl sites for hydroxylation is 2. The summed E-state index contributed by atoms with van der Waals surface area (Å²) in [7, 11) is 0. The van der Waals surface area contributed by atoms with Gasteiger partial charge in [0.2, 0.25) is 0 Å². The highest BCUT2D eigenvalue weighted by molar-refractivity contribution is 5.25. The van der Waals surface area contributed by atoms with E-state index in [-0.39, 0.29) is 0 Å². The molecule has 1 aromatic carbocycles. The molecule has 1 heteroatoms. The van der Waals surface area contributed by atoms with Crippen molar-refractivity contribution >= 4 is 0 Å². The lowest BCUT2D eigenvalue weighted by molar-refractivity contribution is 0.516. The summed E-state index contributed by atoms with van der Waals surface area (Å²) in [6.45, 7) is 4.44. The quantitative estimate of drug-likeness (QED) is 0.633. The van der Waals surface area contributed by atoms with Gasteiger partial charge in [-0.2, -0.15) is 0 Å². The smallest absolute Gasteiger partial charge is 0.00419 e. The van der Waals surface area contributed by atoms with Gasteiger partial charge in [-0.25, -0.2) is 0 Å². The van der Waals surface area contributed by atoms with Crippen LogP contribution in [0.4, 0.5) is 0 Å². The predicted octanol–water partition coefficient (Wildman–Crippen LogP) is 4.62. The van der Waals surface area contributed by atoms with E-state index < -0.39 is 0 Å². The SMILES string of the molecule is CCCCCCCC(N)CCc1ccccc1C. The molecule has 0 aliphatic heterocycles. The zero-order chi connectivity index (χ0) is 13.2. The van der Waals surface area contributed by atoms with Crippen LogP contribution in [0.5, 0.6) is 0 Å². The van der Waals surface area contributed by atoms with Crippen molar-refractivity contribution in [2.24, 2.45) is 5.73 Å². The molecule has 1 atom stereocenters. The van der Waals surface area contributed by atoms with Crippen LogP contribution in [-0.2, 0) is 6.42 Å². The Bertz CT molecular complexity index is 319. The first-order chi connectivity index (χ1) is 8.74. The predicted molar refractivity (Wildman–Crippen MR) is 80.9 cm³/mol. The molecule has 1 rings (SSSR count). The highest BCUT2D eigenvalue weighted by atomic mass is 14.6. The second kappa shape index (κ2) is 9.16. The lowest BCUT2D eigenvalue weighted by Crippen LogP contribution is -2.20. The summed E-state index contributed by atoms with van der Waals surface area (Å²) in [4.78, 5) is 0. The number of unbranched alkanes of at least 4 members (excludes halogenated alkanes) is 4. The van der Waals surface area contributed by atoms with Crippen LogP contribution in [0.25, 0.3) is 0 Å². The maximum absolute atomic E-state index is 6.19. The molecule has 1 nitrogen and oxygen atoms in total. The number of hydrogen-bond acceptors (Lipinski definition) is 1. The van der Waals surface area contributed by atoms with Crippen molar-refractivity contribution in [3.05, 3.63) is 35.4 Å². The molecule has 0 saturated heterocycles. The van der Waals surface area contributed by atoms with E-state index in [9.17, 15) is 0 Å². The molecule has 102 valence electrons. The topological polar surface area (TPSA) is 26.0 Å². The molecule has 0 spiro atoms. The molecule has 2 N–H and O–H groups in total. The van der Waals surface area contributed by atoms with Gasteiger partial charge in [-0.3, -0.25) is 0 Å². The van der Waals surface area contributed by atoms with E-state index in [4.69, 9.17) is 5.73 Å². The van der Waals surface area contributed by atoms with Gasteiger partial charge in [0.15, 0.2) is 0 Å². The molecule has 0 amide bonds. The lowest BCUT2D eigenvalue weighted by atomic mass is 9.98. The normalized spacial score (nSPS) is 12.6. The monoisotopic (exact) mass is 247 g/mol. The van der Waals surface area contributed by atoms with Crippen LogP contribution in [-0.4, -0.2) is 6.04 Å². The minimum Gasteiger partial charge on any atom is -0.328 e. The van der Waals surface area contributed by atoms with Crippen molar-refractivity contribution in [1.82, 2.24) is 0 Å². The van der Waals surface area contributed by atoms with E-state index >= 15 is 0 Å². The van der Waals surface area contributed by atoms with Gasteiger partial charge in [-0.1, -0.05) is 63.3 Å². The summed E-state index contributed by atoms with van der Waals surface area (Å²) in [5, 5.41) is 0. The summed E-state index contributed by atoms with van der Waals surface area (Å²) in [5.41, 5.74) is 9.04.